The van der Waals surface area contributed by atoms with Gasteiger partial charge in [-0.25, -0.2) is 4.79 Å². The summed E-state index contributed by atoms with van der Waals surface area (Å²) in [5.41, 5.74) is 1.07. The summed E-state index contributed by atoms with van der Waals surface area (Å²) < 4.78 is 22.8. The van der Waals surface area contributed by atoms with Crippen LogP contribution in [-0.2, 0) is 16.1 Å². The molecule has 1 saturated heterocycles. The molecule has 2 aromatic carbocycles. The Morgan fingerprint density at radius 3 is 1.84 bits per heavy atom. The van der Waals surface area contributed by atoms with Gasteiger partial charge in [-0.15, -0.1) is 0 Å². The molecule has 0 saturated carbocycles. The smallest absolute Gasteiger partial charge is 0.343 e. The summed E-state index contributed by atoms with van der Waals surface area (Å²) in [6.45, 7) is 5.71. The fourth-order valence-electron chi connectivity index (χ4n) is 4.57. The predicted octanol–water partition coefficient (Wildman–Crippen LogP) is 8.82. The molecule has 5 heteroatoms. The Labute approximate surface area is 230 Å². The Morgan fingerprint density at radius 2 is 1.18 bits per heavy atom. The van der Waals surface area contributed by atoms with E-state index in [1.54, 1.807) is 12.1 Å². The van der Waals surface area contributed by atoms with Crippen LogP contribution in [0.15, 0.2) is 48.5 Å². The Kier molecular flexibility index (Phi) is 14.1. The summed E-state index contributed by atoms with van der Waals surface area (Å²) in [7, 11) is 0. The number of carbonyl (C=O) groups is 1. The van der Waals surface area contributed by atoms with Gasteiger partial charge >= 0.3 is 5.97 Å². The second-order valence-corrected chi connectivity index (χ2v) is 10.4. The molecule has 0 unspecified atom stereocenters. The lowest BCUT2D eigenvalue weighted by Gasteiger charge is -2.09. The molecule has 0 radical (unpaired) electrons. The maximum absolute atomic E-state index is 12.4. The molecule has 38 heavy (non-hydrogen) atoms. The predicted molar refractivity (Wildman–Crippen MR) is 153 cm³/mol. The number of hydrogen-bond donors (Lipinski definition) is 0. The van der Waals surface area contributed by atoms with Gasteiger partial charge in [0.05, 0.1) is 12.7 Å². The van der Waals surface area contributed by atoms with Crippen LogP contribution in [0, 0.1) is 0 Å². The quantitative estimate of drug-likeness (QED) is 0.0706. The Morgan fingerprint density at radius 1 is 0.658 bits per heavy atom. The fraction of sp³-hybridized carbons (Fsp3) is 0.606. The topological polar surface area (TPSA) is 57.3 Å². The zero-order valence-electron chi connectivity index (χ0n) is 23.6. The highest BCUT2D eigenvalue weighted by atomic mass is 16.6. The zero-order valence-corrected chi connectivity index (χ0v) is 23.6. The van der Waals surface area contributed by atoms with Crippen LogP contribution in [0.25, 0.3) is 0 Å². The van der Waals surface area contributed by atoms with Gasteiger partial charge in [-0.3, -0.25) is 0 Å². The number of carbonyl (C=O) groups excluding carboxylic acids is 1. The minimum Gasteiger partial charge on any atom is -0.494 e. The van der Waals surface area contributed by atoms with Gasteiger partial charge in [0.25, 0.3) is 0 Å². The van der Waals surface area contributed by atoms with Crippen LogP contribution in [0.5, 0.6) is 17.2 Å². The van der Waals surface area contributed by atoms with Crippen LogP contribution in [0.2, 0.25) is 0 Å². The number of unbranched alkanes of at least 4 members (excludes halogenated alkanes) is 11. The van der Waals surface area contributed by atoms with E-state index in [0.717, 1.165) is 42.9 Å². The molecule has 1 aliphatic rings. The highest BCUT2D eigenvalue weighted by molar-refractivity contribution is 5.80. The van der Waals surface area contributed by atoms with E-state index in [9.17, 15) is 4.79 Å². The van der Waals surface area contributed by atoms with Crippen molar-refractivity contribution >= 4 is 5.97 Å². The number of epoxide rings is 1. The molecule has 0 amide bonds. The fourth-order valence-corrected chi connectivity index (χ4v) is 4.57. The first-order chi connectivity index (χ1) is 18.7. The Balaban J connectivity index is 1.26. The first kappa shape index (κ1) is 30.0. The lowest BCUT2D eigenvalue weighted by atomic mass is 10.1. The molecule has 0 bridgehead atoms. The average molecular weight is 525 g/mol. The van der Waals surface area contributed by atoms with Crippen molar-refractivity contribution in [2.24, 2.45) is 0 Å². The third-order valence-electron chi connectivity index (χ3n) is 7.04. The maximum Gasteiger partial charge on any atom is 0.343 e. The second kappa shape index (κ2) is 17.9. The van der Waals surface area contributed by atoms with E-state index in [4.69, 9.17) is 18.9 Å². The molecular weight excluding hydrogens is 476 g/mol. The van der Waals surface area contributed by atoms with Crippen LogP contribution >= 0.6 is 0 Å². The van der Waals surface area contributed by atoms with Crippen LogP contribution in [0.4, 0.5) is 0 Å². The number of benzene rings is 2. The van der Waals surface area contributed by atoms with Gasteiger partial charge in [0.2, 0.25) is 0 Å². The van der Waals surface area contributed by atoms with E-state index >= 15 is 0 Å². The average Bonchev–Trinajstić information content (AvgIpc) is 3.72. The van der Waals surface area contributed by atoms with Crippen molar-refractivity contribution in [1.82, 2.24) is 0 Å². The minimum absolute atomic E-state index is 0.0214. The summed E-state index contributed by atoms with van der Waals surface area (Å²) in [4.78, 5) is 12.4. The van der Waals surface area contributed by atoms with Crippen LogP contribution in [0.3, 0.4) is 0 Å². The Hall–Kier alpha value is -2.53. The second-order valence-electron chi connectivity index (χ2n) is 10.4. The van der Waals surface area contributed by atoms with Crippen molar-refractivity contribution in [1.29, 1.82) is 0 Å². The van der Waals surface area contributed by atoms with Crippen LogP contribution in [-0.4, -0.2) is 24.8 Å². The first-order valence-corrected chi connectivity index (χ1v) is 15.0. The number of hydrogen-bond acceptors (Lipinski definition) is 5. The lowest BCUT2D eigenvalue weighted by Crippen LogP contribution is -2.17. The molecule has 210 valence electrons. The van der Waals surface area contributed by atoms with E-state index in [1.165, 1.54) is 70.6 Å². The molecule has 1 aliphatic heterocycles. The molecule has 2 atom stereocenters. The molecule has 0 N–H and O–H groups in total. The van der Waals surface area contributed by atoms with E-state index in [1.807, 2.05) is 36.4 Å². The van der Waals surface area contributed by atoms with Gasteiger partial charge < -0.3 is 18.9 Å². The van der Waals surface area contributed by atoms with Crippen LogP contribution in [0.1, 0.15) is 109 Å². The van der Waals surface area contributed by atoms with Gasteiger partial charge in [0.1, 0.15) is 23.9 Å². The molecule has 3 rings (SSSR count). The summed E-state index contributed by atoms with van der Waals surface area (Å²) in [5, 5.41) is 0. The van der Waals surface area contributed by atoms with Crippen molar-refractivity contribution in [2.45, 2.75) is 123 Å². The number of rotatable bonds is 21. The summed E-state index contributed by atoms with van der Waals surface area (Å²) >= 11 is 0. The summed E-state index contributed by atoms with van der Waals surface area (Å²) in [6.07, 6.45) is 17.0. The van der Waals surface area contributed by atoms with Gasteiger partial charge in [-0.2, -0.15) is 0 Å². The van der Waals surface area contributed by atoms with Gasteiger partial charge in [-0.05, 0) is 54.8 Å². The number of esters is 1. The lowest BCUT2D eigenvalue weighted by molar-refractivity contribution is -0.135. The van der Waals surface area contributed by atoms with E-state index < -0.39 is 6.10 Å². The van der Waals surface area contributed by atoms with Gasteiger partial charge in [-0.1, -0.05) is 103 Å². The summed E-state index contributed by atoms with van der Waals surface area (Å²) in [5.74, 6) is 1.84. The molecule has 0 aromatic heterocycles. The monoisotopic (exact) mass is 524 g/mol. The zero-order chi connectivity index (χ0) is 26.8. The van der Waals surface area contributed by atoms with Crippen molar-refractivity contribution < 1.29 is 23.7 Å². The van der Waals surface area contributed by atoms with Gasteiger partial charge in [0, 0.05) is 0 Å². The molecular formula is C33H48O5. The molecule has 2 aromatic rings. The van der Waals surface area contributed by atoms with E-state index in [0.29, 0.717) is 12.4 Å². The highest BCUT2D eigenvalue weighted by Crippen LogP contribution is 2.30. The van der Waals surface area contributed by atoms with Crippen molar-refractivity contribution in [3.05, 3.63) is 54.1 Å². The molecule has 0 aliphatic carbocycles. The summed E-state index contributed by atoms with van der Waals surface area (Å²) in [6, 6.07) is 15.2. The molecule has 1 fully saturated rings. The van der Waals surface area contributed by atoms with Crippen molar-refractivity contribution in [2.75, 3.05) is 6.61 Å². The largest absolute Gasteiger partial charge is 0.494 e. The third-order valence-corrected chi connectivity index (χ3v) is 7.04. The van der Waals surface area contributed by atoms with Gasteiger partial charge in [0.15, 0.2) is 6.10 Å². The van der Waals surface area contributed by atoms with Crippen molar-refractivity contribution in [3.8, 4) is 17.2 Å². The number of ether oxygens (including phenoxy) is 4. The molecule has 1 heterocycles. The highest BCUT2D eigenvalue weighted by Gasteiger charge is 2.45. The van der Waals surface area contributed by atoms with Crippen LogP contribution < -0.4 is 14.2 Å². The van der Waals surface area contributed by atoms with E-state index in [-0.39, 0.29) is 12.1 Å². The minimum atomic E-state index is -0.413. The normalized spacial score (nSPS) is 16.3. The standard InChI is InChI=1S/C33H48O5/c1-3-5-7-9-11-12-14-16-31-32(38-31)33(34)37-30-23-21-29(22-24-30)36-26-27-17-19-28(20-18-27)35-25-15-13-10-8-6-4-2/h17-24,31-32H,3-16,25-26H2,1-2H3/t31-,32+/m0/s1. The first-order valence-electron chi connectivity index (χ1n) is 15.0. The SMILES string of the molecule is CCCCCCCCC[C@@H]1O[C@H]1C(=O)Oc1ccc(OCc2ccc(OCCCCCCCC)cc2)cc1. The Bertz CT molecular complexity index is 893. The molecule has 0 spiro atoms. The van der Waals surface area contributed by atoms with E-state index in [2.05, 4.69) is 13.8 Å². The van der Waals surface area contributed by atoms with Crippen molar-refractivity contribution in [3.63, 3.8) is 0 Å². The third kappa shape index (κ3) is 11.9. The molecule has 5 nitrogen and oxygen atoms in total. The maximum atomic E-state index is 12.4.